The molecule has 0 saturated carbocycles. The van der Waals surface area contributed by atoms with E-state index >= 15 is 0 Å². The second-order valence-electron chi connectivity index (χ2n) is 5.53. The molecule has 1 aliphatic rings. The average molecular weight is 308 g/mol. The summed E-state index contributed by atoms with van der Waals surface area (Å²) in [5, 5.41) is 11.6. The number of benzene rings is 1. The van der Waals surface area contributed by atoms with Crippen LogP contribution in [0.25, 0.3) is 0 Å². The van der Waals surface area contributed by atoms with E-state index in [-0.39, 0.29) is 17.7 Å². The summed E-state index contributed by atoms with van der Waals surface area (Å²) in [4.78, 5) is 28.6. The maximum absolute atomic E-state index is 12.1. The molecular formula is C17H16N4O2. The summed E-state index contributed by atoms with van der Waals surface area (Å²) in [5.74, 6) is -0.115. The highest BCUT2D eigenvalue weighted by Crippen LogP contribution is 2.24. The molecule has 23 heavy (non-hydrogen) atoms. The molecule has 0 radical (unpaired) electrons. The third-order valence-corrected chi connectivity index (χ3v) is 3.88. The van der Waals surface area contributed by atoms with E-state index in [1.54, 1.807) is 4.90 Å². The number of nitrogens with one attached hydrogen (secondary N) is 2. The van der Waals surface area contributed by atoms with Crippen molar-refractivity contribution in [1.29, 1.82) is 5.26 Å². The zero-order valence-electron chi connectivity index (χ0n) is 12.5. The van der Waals surface area contributed by atoms with E-state index in [4.69, 9.17) is 5.26 Å². The lowest BCUT2D eigenvalue weighted by Gasteiger charge is -2.16. The fourth-order valence-electron chi connectivity index (χ4n) is 2.70. The van der Waals surface area contributed by atoms with Gasteiger partial charge in [0.2, 0.25) is 5.91 Å². The lowest BCUT2D eigenvalue weighted by molar-refractivity contribution is -0.117. The minimum atomic E-state index is -0.267. The van der Waals surface area contributed by atoms with Crippen molar-refractivity contribution in [2.45, 2.75) is 6.42 Å². The van der Waals surface area contributed by atoms with Crippen molar-refractivity contribution < 1.29 is 9.59 Å². The molecule has 1 atom stereocenters. The molecule has 1 aromatic carbocycles. The van der Waals surface area contributed by atoms with Gasteiger partial charge in [0.15, 0.2) is 0 Å². The molecular weight excluding hydrogens is 292 g/mol. The van der Waals surface area contributed by atoms with E-state index in [0.717, 1.165) is 5.69 Å². The van der Waals surface area contributed by atoms with Gasteiger partial charge in [0.1, 0.15) is 11.8 Å². The number of aromatic amines is 1. The Morgan fingerprint density at radius 1 is 1.39 bits per heavy atom. The van der Waals surface area contributed by atoms with Gasteiger partial charge in [-0.05, 0) is 18.2 Å². The number of hydrogen-bond acceptors (Lipinski definition) is 3. The molecule has 1 aliphatic heterocycles. The van der Waals surface area contributed by atoms with Crippen LogP contribution in [0.1, 0.15) is 22.5 Å². The number of hydrogen-bond donors (Lipinski definition) is 2. The Labute approximate surface area is 133 Å². The lowest BCUT2D eigenvalue weighted by Crippen LogP contribution is -2.31. The molecule has 0 unspecified atom stereocenters. The predicted octanol–water partition coefficient (Wildman–Crippen LogP) is 1.67. The molecule has 3 rings (SSSR count). The smallest absolute Gasteiger partial charge is 0.267 e. The van der Waals surface area contributed by atoms with Crippen molar-refractivity contribution in [3.05, 3.63) is 53.9 Å². The van der Waals surface area contributed by atoms with Gasteiger partial charge in [0, 0.05) is 37.3 Å². The topological polar surface area (TPSA) is 89.0 Å². The summed E-state index contributed by atoms with van der Waals surface area (Å²) in [6.45, 7) is 1.02. The highest BCUT2D eigenvalue weighted by Gasteiger charge is 2.30. The summed E-state index contributed by atoms with van der Waals surface area (Å²) in [7, 11) is 0. The summed E-state index contributed by atoms with van der Waals surface area (Å²) in [5.41, 5.74) is 1.65. The highest BCUT2D eigenvalue weighted by molar-refractivity contribution is 5.96. The van der Waals surface area contributed by atoms with Crippen molar-refractivity contribution >= 4 is 17.5 Å². The Hall–Kier alpha value is -3.07. The molecule has 2 heterocycles. The van der Waals surface area contributed by atoms with Crippen LogP contribution in [-0.4, -0.2) is 29.9 Å². The number of nitrogens with zero attached hydrogens (tertiary/aromatic N) is 2. The van der Waals surface area contributed by atoms with Gasteiger partial charge >= 0.3 is 0 Å². The molecule has 0 aliphatic carbocycles. The molecule has 6 nitrogen and oxygen atoms in total. The molecule has 116 valence electrons. The van der Waals surface area contributed by atoms with Gasteiger partial charge in [-0.1, -0.05) is 18.2 Å². The largest absolute Gasteiger partial charge is 0.356 e. The van der Waals surface area contributed by atoms with Crippen LogP contribution < -0.4 is 10.2 Å². The molecule has 0 bridgehead atoms. The van der Waals surface area contributed by atoms with Crippen molar-refractivity contribution in [2.24, 2.45) is 5.92 Å². The summed E-state index contributed by atoms with van der Waals surface area (Å²) in [6, 6.07) is 13.0. The Morgan fingerprint density at radius 2 is 2.17 bits per heavy atom. The van der Waals surface area contributed by atoms with Gasteiger partial charge in [0.05, 0.1) is 5.56 Å². The van der Waals surface area contributed by atoms with E-state index in [9.17, 15) is 9.59 Å². The predicted molar refractivity (Wildman–Crippen MR) is 84.7 cm³/mol. The van der Waals surface area contributed by atoms with Gasteiger partial charge in [-0.3, -0.25) is 9.59 Å². The van der Waals surface area contributed by atoms with Gasteiger partial charge in [-0.25, -0.2) is 0 Å². The number of rotatable bonds is 4. The van der Waals surface area contributed by atoms with E-state index in [1.165, 1.54) is 12.3 Å². The number of carbonyl (C=O) groups excluding carboxylic acids is 2. The Morgan fingerprint density at radius 3 is 2.87 bits per heavy atom. The monoisotopic (exact) mass is 308 g/mol. The zero-order chi connectivity index (χ0) is 16.2. The summed E-state index contributed by atoms with van der Waals surface area (Å²) in [6.07, 6.45) is 1.91. The number of nitriles is 1. The van der Waals surface area contributed by atoms with Gasteiger partial charge < -0.3 is 15.2 Å². The molecule has 2 N–H and O–H groups in total. The first-order chi connectivity index (χ1) is 11.2. The third kappa shape index (κ3) is 3.24. The number of anilines is 1. The van der Waals surface area contributed by atoms with Crippen LogP contribution >= 0.6 is 0 Å². The minimum absolute atomic E-state index is 0.0714. The van der Waals surface area contributed by atoms with Gasteiger partial charge in [0.25, 0.3) is 5.91 Å². The first-order valence-electron chi connectivity index (χ1n) is 7.39. The van der Waals surface area contributed by atoms with E-state index in [1.807, 2.05) is 36.4 Å². The standard InChI is InChI=1S/C17H16N4O2/c18-8-12-6-15(19-9-12)17(23)20-10-13-7-16(22)21(11-13)14-4-2-1-3-5-14/h1-6,9,13,19H,7,10-11H2,(H,20,23)/t13-/m0/s1. The molecule has 2 amide bonds. The number of carbonyl (C=O) groups is 2. The van der Waals surface area contributed by atoms with Crippen LogP contribution in [0.3, 0.4) is 0 Å². The first-order valence-corrected chi connectivity index (χ1v) is 7.39. The quantitative estimate of drug-likeness (QED) is 0.900. The van der Waals surface area contributed by atoms with Crippen LogP contribution in [-0.2, 0) is 4.79 Å². The van der Waals surface area contributed by atoms with Crippen LogP contribution in [0.4, 0.5) is 5.69 Å². The molecule has 1 aromatic heterocycles. The Balaban J connectivity index is 1.57. The number of para-hydroxylation sites is 1. The van der Waals surface area contributed by atoms with E-state index < -0.39 is 0 Å². The fourth-order valence-corrected chi connectivity index (χ4v) is 2.70. The Kier molecular flexibility index (Phi) is 4.11. The van der Waals surface area contributed by atoms with E-state index in [0.29, 0.717) is 30.8 Å². The fraction of sp³-hybridized carbons (Fsp3) is 0.235. The maximum Gasteiger partial charge on any atom is 0.267 e. The minimum Gasteiger partial charge on any atom is -0.356 e. The number of H-pyrrole nitrogens is 1. The van der Waals surface area contributed by atoms with Crippen LogP contribution in [0.2, 0.25) is 0 Å². The zero-order valence-corrected chi connectivity index (χ0v) is 12.5. The van der Waals surface area contributed by atoms with Gasteiger partial charge in [-0.2, -0.15) is 5.26 Å². The molecule has 1 fully saturated rings. The Bertz CT molecular complexity index is 760. The van der Waals surface area contributed by atoms with Crippen molar-refractivity contribution in [2.75, 3.05) is 18.0 Å². The lowest BCUT2D eigenvalue weighted by atomic mass is 10.1. The van der Waals surface area contributed by atoms with Crippen molar-refractivity contribution in [1.82, 2.24) is 10.3 Å². The second kappa shape index (κ2) is 6.36. The van der Waals surface area contributed by atoms with Crippen molar-refractivity contribution in [3.63, 3.8) is 0 Å². The third-order valence-electron chi connectivity index (χ3n) is 3.88. The summed E-state index contributed by atoms with van der Waals surface area (Å²) >= 11 is 0. The number of aromatic nitrogens is 1. The SMILES string of the molecule is N#Cc1c[nH]c(C(=O)NC[C@@H]2CC(=O)N(c3ccccc3)C2)c1. The second-order valence-corrected chi connectivity index (χ2v) is 5.53. The molecule has 2 aromatic rings. The average Bonchev–Trinajstić information content (AvgIpc) is 3.20. The normalized spacial score (nSPS) is 17.1. The molecule has 1 saturated heterocycles. The van der Waals surface area contributed by atoms with Gasteiger partial charge in [-0.15, -0.1) is 0 Å². The summed E-state index contributed by atoms with van der Waals surface area (Å²) < 4.78 is 0. The van der Waals surface area contributed by atoms with Crippen LogP contribution in [0, 0.1) is 17.2 Å². The van der Waals surface area contributed by atoms with E-state index in [2.05, 4.69) is 10.3 Å². The van der Waals surface area contributed by atoms with Crippen LogP contribution in [0.5, 0.6) is 0 Å². The maximum atomic E-state index is 12.1. The molecule has 6 heteroatoms. The van der Waals surface area contributed by atoms with Crippen molar-refractivity contribution in [3.8, 4) is 6.07 Å². The highest BCUT2D eigenvalue weighted by atomic mass is 16.2. The number of amides is 2. The molecule has 0 spiro atoms. The first kappa shape index (κ1) is 14.9. The van der Waals surface area contributed by atoms with Crippen LogP contribution in [0.15, 0.2) is 42.6 Å².